The van der Waals surface area contributed by atoms with Gasteiger partial charge in [0, 0.05) is 11.0 Å². The summed E-state index contributed by atoms with van der Waals surface area (Å²) in [6.07, 6.45) is 0. The van der Waals surface area contributed by atoms with Crippen molar-refractivity contribution < 1.29 is 4.74 Å². The molecule has 0 aromatic heterocycles. The molecule has 0 fully saturated rings. The van der Waals surface area contributed by atoms with Crippen LogP contribution in [-0.4, -0.2) is 0 Å². The van der Waals surface area contributed by atoms with Gasteiger partial charge < -0.3 is 10.5 Å². The summed E-state index contributed by atoms with van der Waals surface area (Å²) in [6, 6.07) is 14.9. The van der Waals surface area contributed by atoms with Crippen LogP contribution >= 0.6 is 15.9 Å². The molecule has 18 heavy (non-hydrogen) atoms. The number of nitrogens with two attached hydrogens (primary N) is 1. The molecule has 3 nitrogen and oxygen atoms in total. The molecule has 0 saturated heterocycles. The van der Waals surface area contributed by atoms with Crippen molar-refractivity contribution in [2.24, 2.45) is 5.73 Å². The second-order valence-electron chi connectivity index (χ2n) is 3.71. The minimum Gasteiger partial charge on any atom is -0.456 e. The maximum absolute atomic E-state index is 9.02. The standard InChI is InChI=1S/C14H11BrN2O/c15-12-5-4-11(9-17)14(7-12)18-13-3-1-2-10(6-13)8-16/h1-7H,8,16H2. The maximum Gasteiger partial charge on any atom is 0.146 e. The van der Waals surface area contributed by atoms with Crippen LogP contribution in [0.1, 0.15) is 11.1 Å². The highest BCUT2D eigenvalue weighted by atomic mass is 79.9. The van der Waals surface area contributed by atoms with Gasteiger partial charge in [-0.05, 0) is 35.9 Å². The summed E-state index contributed by atoms with van der Waals surface area (Å²) in [6.45, 7) is 0.459. The van der Waals surface area contributed by atoms with E-state index in [2.05, 4.69) is 22.0 Å². The first-order chi connectivity index (χ1) is 8.72. The van der Waals surface area contributed by atoms with Crippen LogP contribution in [0.5, 0.6) is 11.5 Å². The van der Waals surface area contributed by atoms with Crippen LogP contribution in [0.25, 0.3) is 0 Å². The van der Waals surface area contributed by atoms with E-state index < -0.39 is 0 Å². The monoisotopic (exact) mass is 302 g/mol. The molecule has 0 amide bonds. The van der Waals surface area contributed by atoms with E-state index in [0.717, 1.165) is 10.0 Å². The van der Waals surface area contributed by atoms with E-state index in [0.29, 0.717) is 23.6 Å². The fraction of sp³-hybridized carbons (Fsp3) is 0.0714. The Morgan fingerprint density at radius 2 is 2.06 bits per heavy atom. The topological polar surface area (TPSA) is 59.0 Å². The number of hydrogen-bond donors (Lipinski definition) is 1. The maximum atomic E-state index is 9.02. The van der Waals surface area contributed by atoms with Crippen LogP contribution in [0.2, 0.25) is 0 Å². The van der Waals surface area contributed by atoms with Gasteiger partial charge in [-0.25, -0.2) is 0 Å². The molecule has 90 valence electrons. The second-order valence-corrected chi connectivity index (χ2v) is 4.62. The van der Waals surface area contributed by atoms with Gasteiger partial charge in [0.2, 0.25) is 0 Å². The first kappa shape index (κ1) is 12.6. The Bertz CT molecular complexity index is 605. The zero-order chi connectivity index (χ0) is 13.0. The van der Waals surface area contributed by atoms with Crippen LogP contribution < -0.4 is 10.5 Å². The van der Waals surface area contributed by atoms with Gasteiger partial charge in [0.25, 0.3) is 0 Å². The van der Waals surface area contributed by atoms with Gasteiger partial charge in [0.05, 0.1) is 5.56 Å². The fourth-order valence-electron chi connectivity index (χ4n) is 1.54. The molecule has 0 spiro atoms. The lowest BCUT2D eigenvalue weighted by Gasteiger charge is -2.08. The number of halogens is 1. The fourth-order valence-corrected chi connectivity index (χ4v) is 1.88. The largest absolute Gasteiger partial charge is 0.456 e. The minimum atomic E-state index is 0.459. The zero-order valence-electron chi connectivity index (χ0n) is 9.56. The molecule has 4 heteroatoms. The van der Waals surface area contributed by atoms with E-state index in [4.69, 9.17) is 15.7 Å². The molecule has 0 unspecified atom stereocenters. The molecule has 0 atom stereocenters. The molecule has 0 saturated carbocycles. The molecule has 2 N–H and O–H groups in total. The van der Waals surface area contributed by atoms with Gasteiger partial charge in [0.1, 0.15) is 17.6 Å². The van der Waals surface area contributed by atoms with Crippen molar-refractivity contribution in [2.75, 3.05) is 0 Å². The molecule has 0 aliphatic rings. The van der Waals surface area contributed by atoms with E-state index in [1.165, 1.54) is 0 Å². The normalized spacial score (nSPS) is 9.83. The molecule has 0 aliphatic carbocycles. The van der Waals surface area contributed by atoms with Crippen molar-refractivity contribution in [1.82, 2.24) is 0 Å². The first-order valence-corrected chi connectivity index (χ1v) is 6.19. The van der Waals surface area contributed by atoms with Gasteiger partial charge in [-0.2, -0.15) is 5.26 Å². The van der Waals surface area contributed by atoms with Crippen molar-refractivity contribution in [3.63, 3.8) is 0 Å². The van der Waals surface area contributed by atoms with Crippen molar-refractivity contribution in [1.29, 1.82) is 5.26 Å². The Morgan fingerprint density at radius 3 is 2.78 bits per heavy atom. The van der Waals surface area contributed by atoms with E-state index in [-0.39, 0.29) is 0 Å². The Hall–Kier alpha value is -1.83. The Morgan fingerprint density at radius 1 is 1.22 bits per heavy atom. The Labute approximate surface area is 114 Å². The van der Waals surface area contributed by atoms with Gasteiger partial charge in [-0.1, -0.05) is 28.1 Å². The van der Waals surface area contributed by atoms with Gasteiger partial charge in [-0.3, -0.25) is 0 Å². The minimum absolute atomic E-state index is 0.459. The number of benzene rings is 2. The molecular weight excluding hydrogens is 292 g/mol. The predicted octanol–water partition coefficient (Wildman–Crippen LogP) is 3.57. The summed E-state index contributed by atoms with van der Waals surface area (Å²) < 4.78 is 6.58. The van der Waals surface area contributed by atoms with Crippen LogP contribution in [0.4, 0.5) is 0 Å². The number of ether oxygens (including phenoxy) is 1. The predicted molar refractivity (Wildman–Crippen MR) is 73.3 cm³/mol. The lowest BCUT2D eigenvalue weighted by Crippen LogP contribution is -1.96. The third kappa shape index (κ3) is 2.89. The van der Waals surface area contributed by atoms with E-state index in [1.807, 2.05) is 30.3 Å². The molecular formula is C14H11BrN2O. The average Bonchev–Trinajstić information content (AvgIpc) is 2.39. The molecule has 0 bridgehead atoms. The van der Waals surface area contributed by atoms with E-state index in [1.54, 1.807) is 12.1 Å². The number of nitrogens with zero attached hydrogens (tertiary/aromatic N) is 1. The third-order valence-electron chi connectivity index (χ3n) is 2.43. The second kappa shape index (κ2) is 5.67. The summed E-state index contributed by atoms with van der Waals surface area (Å²) in [4.78, 5) is 0. The first-order valence-electron chi connectivity index (χ1n) is 5.39. The highest BCUT2D eigenvalue weighted by Gasteiger charge is 2.05. The van der Waals surface area contributed by atoms with Crippen molar-refractivity contribution in [3.05, 3.63) is 58.1 Å². The van der Waals surface area contributed by atoms with Crippen molar-refractivity contribution in [3.8, 4) is 17.6 Å². The summed E-state index contributed by atoms with van der Waals surface area (Å²) >= 11 is 3.36. The third-order valence-corrected chi connectivity index (χ3v) is 2.92. The highest BCUT2D eigenvalue weighted by Crippen LogP contribution is 2.28. The average molecular weight is 303 g/mol. The summed E-state index contributed by atoms with van der Waals surface area (Å²) in [5.41, 5.74) is 7.06. The summed E-state index contributed by atoms with van der Waals surface area (Å²) in [5, 5.41) is 9.02. The van der Waals surface area contributed by atoms with Crippen LogP contribution in [0, 0.1) is 11.3 Å². The summed E-state index contributed by atoms with van der Waals surface area (Å²) in [5.74, 6) is 1.20. The number of hydrogen-bond acceptors (Lipinski definition) is 3. The van der Waals surface area contributed by atoms with Crippen LogP contribution in [-0.2, 0) is 6.54 Å². The van der Waals surface area contributed by atoms with Crippen molar-refractivity contribution >= 4 is 15.9 Å². The highest BCUT2D eigenvalue weighted by molar-refractivity contribution is 9.10. The van der Waals surface area contributed by atoms with Gasteiger partial charge in [-0.15, -0.1) is 0 Å². The lowest BCUT2D eigenvalue weighted by atomic mass is 10.2. The SMILES string of the molecule is N#Cc1ccc(Br)cc1Oc1cccc(CN)c1. The summed E-state index contributed by atoms with van der Waals surface area (Å²) in [7, 11) is 0. The van der Waals surface area contributed by atoms with Crippen molar-refractivity contribution in [2.45, 2.75) is 6.54 Å². The van der Waals surface area contributed by atoms with E-state index >= 15 is 0 Å². The number of nitriles is 1. The zero-order valence-corrected chi connectivity index (χ0v) is 11.1. The molecule has 0 aliphatic heterocycles. The Kier molecular flexibility index (Phi) is 3.98. The van der Waals surface area contributed by atoms with Gasteiger partial charge >= 0.3 is 0 Å². The van der Waals surface area contributed by atoms with E-state index in [9.17, 15) is 0 Å². The quantitative estimate of drug-likeness (QED) is 0.943. The molecule has 2 aromatic rings. The smallest absolute Gasteiger partial charge is 0.146 e. The molecule has 2 aromatic carbocycles. The molecule has 0 heterocycles. The van der Waals surface area contributed by atoms with Crippen LogP contribution in [0.3, 0.4) is 0 Å². The Balaban J connectivity index is 2.33. The molecule has 0 radical (unpaired) electrons. The lowest BCUT2D eigenvalue weighted by molar-refractivity contribution is 0.480. The van der Waals surface area contributed by atoms with Crippen LogP contribution in [0.15, 0.2) is 46.9 Å². The van der Waals surface area contributed by atoms with Gasteiger partial charge in [0.15, 0.2) is 0 Å². The molecule has 2 rings (SSSR count). The number of rotatable bonds is 3.